The normalized spacial score (nSPS) is 11.9. The Bertz CT molecular complexity index is 921. The summed E-state index contributed by atoms with van der Waals surface area (Å²) in [6.07, 6.45) is -4.65. The quantitative estimate of drug-likeness (QED) is 0.675. The molecular formula is C13H7F5N4O2S. The zero-order valence-electron chi connectivity index (χ0n) is 11.9. The van der Waals surface area contributed by atoms with E-state index in [1.165, 1.54) is 18.2 Å². The summed E-state index contributed by atoms with van der Waals surface area (Å²) >= 11 is 0.946. The van der Waals surface area contributed by atoms with Crippen molar-refractivity contribution in [3.05, 3.63) is 35.7 Å². The Kier molecular flexibility index (Phi) is 4.29. The molecule has 0 bridgehead atoms. The molecule has 0 aliphatic rings. The Morgan fingerprint density at radius 3 is 2.68 bits per heavy atom. The van der Waals surface area contributed by atoms with E-state index in [0.717, 1.165) is 11.3 Å². The average molecular weight is 378 g/mol. The number of ether oxygens (including phenoxy) is 1. The average Bonchev–Trinajstić information content (AvgIpc) is 3.11. The number of fused-ring (bicyclic) bond motifs is 1. The van der Waals surface area contributed by atoms with Gasteiger partial charge in [-0.15, -0.1) is 0 Å². The largest absolute Gasteiger partial charge is 0.435 e. The number of carbonyl (C=O) groups is 1. The maximum atomic E-state index is 12.5. The lowest BCUT2D eigenvalue weighted by Gasteiger charge is -2.02. The Hall–Kier alpha value is -2.76. The lowest BCUT2D eigenvalue weighted by atomic mass is 10.3. The van der Waals surface area contributed by atoms with Crippen LogP contribution in [0.4, 0.5) is 27.1 Å². The number of amides is 1. The summed E-state index contributed by atoms with van der Waals surface area (Å²) in [5.74, 6) is -0.971. The Labute approximate surface area is 139 Å². The number of carbonyl (C=O) groups excluding carboxylic acids is 1. The molecule has 0 fully saturated rings. The monoisotopic (exact) mass is 378 g/mol. The summed E-state index contributed by atoms with van der Waals surface area (Å²) in [5.41, 5.74) is -1.22. The molecule has 2 aromatic heterocycles. The van der Waals surface area contributed by atoms with E-state index in [4.69, 9.17) is 0 Å². The molecule has 0 aliphatic heterocycles. The fourth-order valence-corrected chi connectivity index (χ4v) is 2.77. The van der Waals surface area contributed by atoms with Gasteiger partial charge in [0.25, 0.3) is 5.91 Å². The highest BCUT2D eigenvalue weighted by Gasteiger charge is 2.33. The van der Waals surface area contributed by atoms with Gasteiger partial charge < -0.3 is 4.74 Å². The third-order valence-electron chi connectivity index (χ3n) is 2.92. The third kappa shape index (κ3) is 3.84. The third-order valence-corrected chi connectivity index (χ3v) is 3.86. The number of anilines is 1. The molecule has 0 spiro atoms. The van der Waals surface area contributed by atoms with E-state index < -0.39 is 30.1 Å². The lowest BCUT2D eigenvalue weighted by Crippen LogP contribution is -2.12. The predicted octanol–water partition coefficient (Wildman–Crippen LogP) is 3.89. The van der Waals surface area contributed by atoms with E-state index in [9.17, 15) is 26.7 Å². The maximum absolute atomic E-state index is 12.5. The van der Waals surface area contributed by atoms with E-state index in [1.807, 2.05) is 0 Å². The number of nitrogens with one attached hydrogen (secondary N) is 2. The van der Waals surface area contributed by atoms with Crippen molar-refractivity contribution in [2.75, 3.05) is 5.32 Å². The van der Waals surface area contributed by atoms with Gasteiger partial charge in [0.2, 0.25) is 0 Å². The number of thiazole rings is 1. The summed E-state index contributed by atoms with van der Waals surface area (Å²) in [5, 5.41) is 7.40. The van der Waals surface area contributed by atoms with Gasteiger partial charge >= 0.3 is 12.8 Å². The highest BCUT2D eigenvalue weighted by Crippen LogP contribution is 2.31. The number of rotatable bonds is 4. The fourth-order valence-electron chi connectivity index (χ4n) is 1.88. The molecule has 12 heteroatoms. The molecule has 6 nitrogen and oxygen atoms in total. The van der Waals surface area contributed by atoms with Gasteiger partial charge in [-0.25, -0.2) is 4.98 Å². The van der Waals surface area contributed by atoms with E-state index in [2.05, 4.69) is 20.1 Å². The van der Waals surface area contributed by atoms with E-state index in [0.29, 0.717) is 16.3 Å². The van der Waals surface area contributed by atoms with Crippen LogP contribution in [0.25, 0.3) is 10.2 Å². The standard InChI is InChI=1S/C13H7F5N4O2S/c14-11(15)24-5-1-2-6-8(3-5)25-12(19-6)20-10(23)7-4-9(22-21-7)13(16,17)18/h1-4,11H,(H,21,22)(H,19,20,23). The first kappa shape index (κ1) is 17.1. The summed E-state index contributed by atoms with van der Waals surface area (Å²) < 4.78 is 66.5. The lowest BCUT2D eigenvalue weighted by molar-refractivity contribution is -0.141. The molecule has 0 saturated carbocycles. The molecule has 25 heavy (non-hydrogen) atoms. The van der Waals surface area contributed by atoms with Gasteiger partial charge in [-0.1, -0.05) is 11.3 Å². The number of benzene rings is 1. The van der Waals surface area contributed by atoms with Gasteiger partial charge in [-0.2, -0.15) is 27.1 Å². The Morgan fingerprint density at radius 2 is 2.04 bits per heavy atom. The summed E-state index contributed by atoms with van der Waals surface area (Å²) in [4.78, 5) is 16.0. The van der Waals surface area contributed by atoms with Gasteiger partial charge in [-0.3, -0.25) is 15.2 Å². The Morgan fingerprint density at radius 1 is 1.28 bits per heavy atom. The number of alkyl halides is 5. The van der Waals surface area contributed by atoms with Crippen molar-refractivity contribution in [3.8, 4) is 5.75 Å². The van der Waals surface area contributed by atoms with Crippen molar-refractivity contribution >= 4 is 32.6 Å². The SMILES string of the molecule is O=C(Nc1nc2ccc(OC(F)F)cc2s1)c1cc(C(F)(F)F)[nH]n1. The van der Waals surface area contributed by atoms with Crippen LogP contribution in [0.2, 0.25) is 0 Å². The fraction of sp³-hybridized carbons (Fsp3) is 0.154. The second kappa shape index (κ2) is 6.27. The minimum atomic E-state index is -4.65. The van der Waals surface area contributed by atoms with Crippen LogP contribution < -0.4 is 10.1 Å². The van der Waals surface area contributed by atoms with Crippen LogP contribution in [0.3, 0.4) is 0 Å². The smallest absolute Gasteiger partial charge is 0.432 e. The molecule has 0 saturated heterocycles. The first-order valence-electron chi connectivity index (χ1n) is 6.52. The number of aromatic amines is 1. The van der Waals surface area contributed by atoms with Crippen molar-refractivity contribution in [2.45, 2.75) is 12.8 Å². The predicted molar refractivity (Wildman–Crippen MR) is 77.8 cm³/mol. The molecule has 1 aromatic carbocycles. The Balaban J connectivity index is 1.78. The highest BCUT2D eigenvalue weighted by molar-refractivity contribution is 7.22. The molecular weight excluding hydrogens is 371 g/mol. The summed E-state index contributed by atoms with van der Waals surface area (Å²) in [6, 6.07) is 4.57. The molecule has 0 unspecified atom stereocenters. The summed E-state index contributed by atoms with van der Waals surface area (Å²) in [6.45, 7) is -2.98. The van der Waals surface area contributed by atoms with Crippen LogP contribution in [0.1, 0.15) is 16.2 Å². The second-order valence-electron chi connectivity index (χ2n) is 4.65. The van der Waals surface area contributed by atoms with Gasteiger partial charge in [-0.05, 0) is 18.2 Å². The van der Waals surface area contributed by atoms with Crippen molar-refractivity contribution in [1.29, 1.82) is 0 Å². The van der Waals surface area contributed by atoms with Crippen molar-refractivity contribution < 1.29 is 31.5 Å². The number of aromatic nitrogens is 3. The summed E-state index contributed by atoms with van der Waals surface area (Å²) in [7, 11) is 0. The number of halogens is 5. The zero-order valence-corrected chi connectivity index (χ0v) is 12.7. The van der Waals surface area contributed by atoms with Crippen LogP contribution in [0.15, 0.2) is 24.3 Å². The number of nitrogens with zero attached hydrogens (tertiary/aromatic N) is 2. The van der Waals surface area contributed by atoms with Crippen LogP contribution in [-0.2, 0) is 6.18 Å². The number of H-pyrrole nitrogens is 1. The van der Waals surface area contributed by atoms with Crippen LogP contribution in [0, 0.1) is 0 Å². The minimum absolute atomic E-state index is 0.0748. The van der Waals surface area contributed by atoms with E-state index in [-0.39, 0.29) is 10.9 Å². The molecule has 1 amide bonds. The van der Waals surface area contributed by atoms with E-state index in [1.54, 1.807) is 5.10 Å². The van der Waals surface area contributed by atoms with Crippen LogP contribution in [-0.4, -0.2) is 27.7 Å². The van der Waals surface area contributed by atoms with Gasteiger partial charge in [0.1, 0.15) is 11.4 Å². The molecule has 2 N–H and O–H groups in total. The molecule has 3 aromatic rings. The first-order chi connectivity index (χ1) is 11.7. The van der Waals surface area contributed by atoms with Crippen molar-refractivity contribution in [2.24, 2.45) is 0 Å². The van der Waals surface area contributed by atoms with E-state index >= 15 is 0 Å². The van der Waals surface area contributed by atoms with Gasteiger partial charge in [0.05, 0.1) is 10.2 Å². The molecule has 0 atom stereocenters. The second-order valence-corrected chi connectivity index (χ2v) is 5.68. The molecule has 0 radical (unpaired) electrons. The zero-order chi connectivity index (χ0) is 18.2. The van der Waals surface area contributed by atoms with Crippen LogP contribution >= 0.6 is 11.3 Å². The van der Waals surface area contributed by atoms with Gasteiger partial charge in [0.15, 0.2) is 10.8 Å². The maximum Gasteiger partial charge on any atom is 0.432 e. The molecule has 3 rings (SSSR count). The molecule has 132 valence electrons. The molecule has 0 aliphatic carbocycles. The number of hydrogen-bond acceptors (Lipinski definition) is 5. The topological polar surface area (TPSA) is 79.9 Å². The number of hydrogen-bond donors (Lipinski definition) is 2. The highest BCUT2D eigenvalue weighted by atomic mass is 32.1. The van der Waals surface area contributed by atoms with Crippen molar-refractivity contribution in [3.63, 3.8) is 0 Å². The molecule has 2 heterocycles. The van der Waals surface area contributed by atoms with Gasteiger partial charge in [0, 0.05) is 6.07 Å². The van der Waals surface area contributed by atoms with Crippen LogP contribution in [0.5, 0.6) is 5.75 Å². The minimum Gasteiger partial charge on any atom is -0.435 e. The first-order valence-corrected chi connectivity index (χ1v) is 7.33. The van der Waals surface area contributed by atoms with Crippen molar-refractivity contribution in [1.82, 2.24) is 15.2 Å².